The number of nitrogens with zero attached hydrogens (tertiary/aromatic N) is 4. The van der Waals surface area contributed by atoms with Gasteiger partial charge in [-0.25, -0.2) is 0 Å². The molecule has 0 amide bonds. The van der Waals surface area contributed by atoms with E-state index in [1.807, 2.05) is 72.8 Å². The number of hydrogen-bond donors (Lipinski definition) is 6. The SMILES string of the molecule is C=CC1CN2CCC1CC2[C@H](O)c1ccnc2ccc(OC)cc12.C=CC1C[NH+]2CCC1CC2[C@H](O)c1ccnc2ccc(OC)cc12.C=CC1C[NH+]2CCC1CC2[C@H](O)c1ccnc2ccc(OC)cc12.O=C1CC2CC2/C1=C(/O)C(F)(F)F.O=C1CC2C[C@@H]2/C1=C(/[O-])C(F)(F)F.O=C1C[C@H]2C[C@H]2/C1=C(/[O-])C(F)(F)F. The number of carbonyl (C=O) groups excluding carboxylic acids is 3. The lowest BCUT2D eigenvalue weighted by atomic mass is 9.73. The van der Waals surface area contributed by atoms with Crippen molar-refractivity contribution in [1.82, 2.24) is 19.9 Å². The van der Waals surface area contributed by atoms with Crippen LogP contribution in [0.4, 0.5) is 39.5 Å². The summed E-state index contributed by atoms with van der Waals surface area (Å²) in [5, 5.41) is 66.7. The van der Waals surface area contributed by atoms with Gasteiger partial charge in [-0.2, -0.15) is 39.5 Å². The van der Waals surface area contributed by atoms with Crippen molar-refractivity contribution in [3.63, 3.8) is 0 Å². The number of pyridine rings is 3. The lowest BCUT2D eigenvalue weighted by Gasteiger charge is -2.50. The first-order valence-electron chi connectivity index (χ1n) is 38.1. The molecule has 3 aromatic heterocycles. The number of alkyl halides is 9. The van der Waals surface area contributed by atoms with E-state index in [2.05, 4.69) is 57.8 Å². The van der Waals surface area contributed by atoms with Gasteiger partial charge in [0.25, 0.3) is 0 Å². The minimum absolute atomic E-state index is 0.0220. The Labute approximate surface area is 636 Å². The van der Waals surface area contributed by atoms with E-state index in [9.17, 15) is 79.4 Å². The number of allylic oxidation sites excluding steroid dienone is 6. The van der Waals surface area contributed by atoms with Crippen molar-refractivity contribution in [2.75, 3.05) is 60.6 Å². The molecule has 0 spiro atoms. The maximum atomic E-state index is 12.0. The monoisotopic (exact) mass is 1550 g/mol. The average Bonchev–Trinajstić information content (AvgIpc) is 1.68. The van der Waals surface area contributed by atoms with Gasteiger partial charge in [-0.1, -0.05) is 18.2 Å². The second-order valence-electron chi connectivity index (χ2n) is 31.7. The highest BCUT2D eigenvalue weighted by Gasteiger charge is 2.56. The highest BCUT2D eigenvalue weighted by molar-refractivity contribution is 6.01. The maximum Gasteiger partial charge on any atom is 0.449 e. The average molecular weight is 1550 g/mol. The molecule has 15 aliphatic rings. The van der Waals surface area contributed by atoms with Gasteiger partial charge in [0.15, 0.2) is 17.3 Å². The Bertz CT molecular complexity index is 4190. The molecule has 27 heteroatoms. The Morgan fingerprint density at radius 2 is 0.856 bits per heavy atom. The summed E-state index contributed by atoms with van der Waals surface area (Å²) in [7, 11) is 4.99. The van der Waals surface area contributed by atoms with Crippen LogP contribution in [-0.4, -0.2) is 155 Å². The number of ether oxygens (including phenoxy) is 3. The lowest BCUT2D eigenvalue weighted by Crippen LogP contribution is -3.20. The molecular formula is C84H93F9N6O12. The Kier molecular flexibility index (Phi) is 23.4. The smallest absolute Gasteiger partial charge is 0.449 e. The van der Waals surface area contributed by atoms with Crippen LogP contribution in [0.3, 0.4) is 0 Å². The van der Waals surface area contributed by atoms with Crippen molar-refractivity contribution in [3.8, 4) is 17.2 Å². The number of methoxy groups -OCH3 is 3. The maximum absolute atomic E-state index is 12.0. The van der Waals surface area contributed by atoms with Crippen LogP contribution in [-0.2, 0) is 14.4 Å². The molecule has 6 aromatic rings. The van der Waals surface area contributed by atoms with Crippen LogP contribution < -0.4 is 34.2 Å². The topological polar surface area (TPSA) is 257 Å². The number of halogens is 9. The van der Waals surface area contributed by atoms with Gasteiger partial charge in [0.2, 0.25) is 5.76 Å². The summed E-state index contributed by atoms with van der Waals surface area (Å²) < 4.78 is 124. The third kappa shape index (κ3) is 16.9. The standard InChI is InChI=1S/3C20H24N2O2.3C8H7F3O2/c3*1-3-13-12-22-9-7-14(13)10-19(22)20(23)16-6-8-21-18-5-4-15(24-2)11-17(16)18;3*9-8(10,11)7(13)6-4-1-3(4)2-5(6)12/h3*3-6,8,11,13-14,19-20,23H,1,7,9-10,12H2,2H3;3*3-4,13H,1-2H2/b;;;3*7-6-/t3*13?,14?,19?,20-;3?,4-;3-,4-;/m11101./s1. The zero-order valence-electron chi connectivity index (χ0n) is 61.9. The largest absolute Gasteiger partial charge is 0.869 e. The predicted molar refractivity (Wildman–Crippen MR) is 389 cm³/mol. The van der Waals surface area contributed by atoms with Crippen LogP contribution >= 0.6 is 0 Å². The number of nitrogens with one attached hydrogen (secondary N) is 2. The molecule has 6 bridgehead atoms. The number of aliphatic hydroxyl groups excluding tert-OH is 4. The second-order valence-corrected chi connectivity index (χ2v) is 31.7. The molecular weight excluding hydrogens is 1460 g/mol. The third-order valence-corrected chi connectivity index (χ3v) is 25.5. The molecule has 6 saturated carbocycles. The summed E-state index contributed by atoms with van der Waals surface area (Å²) in [5.41, 5.74) is 4.20. The minimum Gasteiger partial charge on any atom is -0.869 e. The number of fused-ring (bicyclic) bond motifs is 15. The summed E-state index contributed by atoms with van der Waals surface area (Å²) in [4.78, 5) is 51.6. The van der Waals surface area contributed by atoms with Gasteiger partial charge < -0.3 is 54.6 Å². The van der Waals surface area contributed by atoms with Crippen LogP contribution in [0.5, 0.6) is 17.2 Å². The van der Waals surface area contributed by atoms with Crippen molar-refractivity contribution < 1.29 is 109 Å². The number of aliphatic hydroxyl groups is 4. The summed E-state index contributed by atoms with van der Waals surface area (Å²) in [6.45, 7) is 18.6. The number of quaternary nitrogens is 2. The van der Waals surface area contributed by atoms with Crippen LogP contribution in [0.2, 0.25) is 0 Å². The van der Waals surface area contributed by atoms with E-state index in [1.165, 1.54) is 29.1 Å². The van der Waals surface area contributed by atoms with E-state index < -0.39 is 88.2 Å². The van der Waals surface area contributed by atoms with Crippen molar-refractivity contribution in [2.45, 2.75) is 132 Å². The number of hydrogen-bond acceptors (Lipinski definition) is 16. The number of carbonyl (C=O) groups is 3. The van der Waals surface area contributed by atoms with Gasteiger partial charge in [0, 0.05) is 110 Å². The molecule has 9 saturated heterocycles. The summed E-state index contributed by atoms with van der Waals surface area (Å²) >= 11 is 0. The van der Waals surface area contributed by atoms with Crippen molar-refractivity contribution >= 4 is 50.1 Å². The molecule has 15 unspecified atom stereocenters. The molecule has 21 atom stereocenters. The van der Waals surface area contributed by atoms with E-state index in [1.54, 1.807) is 39.9 Å². The Morgan fingerprint density at radius 1 is 0.495 bits per heavy atom. The van der Waals surface area contributed by atoms with E-state index in [0.717, 1.165) is 125 Å². The van der Waals surface area contributed by atoms with Crippen LogP contribution in [0.25, 0.3) is 32.7 Å². The fourth-order valence-electron chi connectivity index (χ4n) is 19.3. The Hall–Kier alpha value is -8.73. The number of Topliss-reactive ketones (excluding diaryl/α,β-unsaturated/α-hetero) is 3. The number of benzene rings is 3. The summed E-state index contributed by atoms with van der Waals surface area (Å²) in [6.07, 6.45) is 4.77. The molecule has 594 valence electrons. The van der Waals surface area contributed by atoms with Gasteiger partial charge in [0.05, 0.1) is 70.2 Å². The highest BCUT2D eigenvalue weighted by Crippen LogP contribution is 2.57. The molecule has 18 nitrogen and oxygen atoms in total. The van der Waals surface area contributed by atoms with Crippen LogP contribution in [0.1, 0.15) is 112 Å². The first-order valence-corrected chi connectivity index (χ1v) is 38.1. The number of piperidine rings is 9. The zero-order chi connectivity index (χ0) is 79.4. The third-order valence-electron chi connectivity index (χ3n) is 25.5. The number of rotatable bonds is 12. The van der Waals surface area contributed by atoms with Crippen molar-refractivity contribution in [3.05, 3.63) is 180 Å². The molecule has 9 aliphatic heterocycles. The van der Waals surface area contributed by atoms with E-state index >= 15 is 0 Å². The normalized spacial score (nSPS) is 32.3. The molecule has 15 fully saturated rings. The van der Waals surface area contributed by atoms with Gasteiger partial charge >= 0.3 is 18.5 Å². The molecule has 0 radical (unpaired) electrons. The Morgan fingerprint density at radius 3 is 1.15 bits per heavy atom. The van der Waals surface area contributed by atoms with Crippen LogP contribution in [0.15, 0.2) is 163 Å². The van der Waals surface area contributed by atoms with Gasteiger partial charge in [-0.05, 0) is 210 Å². The van der Waals surface area contributed by atoms with Crippen molar-refractivity contribution in [1.29, 1.82) is 0 Å². The molecule has 3 aromatic carbocycles. The first kappa shape index (κ1) is 80.3. The van der Waals surface area contributed by atoms with Gasteiger partial charge in [-0.3, -0.25) is 34.2 Å². The Balaban J connectivity index is 0.000000119. The van der Waals surface area contributed by atoms with E-state index in [-0.39, 0.29) is 72.9 Å². The quantitative estimate of drug-likeness (QED) is 0.0288. The molecule has 6 aliphatic carbocycles. The molecule has 12 heterocycles. The highest BCUT2D eigenvalue weighted by atomic mass is 19.4. The fraction of sp³-hybridized carbons (Fsp3) is 0.500. The summed E-state index contributed by atoms with van der Waals surface area (Å²) in [5.74, 6) is -2.14. The van der Waals surface area contributed by atoms with Gasteiger partial charge in [-0.15, -0.1) is 19.7 Å². The molecule has 111 heavy (non-hydrogen) atoms. The van der Waals surface area contributed by atoms with E-state index in [0.29, 0.717) is 54.8 Å². The van der Waals surface area contributed by atoms with Crippen molar-refractivity contribution in [2.24, 2.45) is 71.0 Å². The van der Waals surface area contributed by atoms with E-state index in [4.69, 9.17) is 19.3 Å². The fourth-order valence-corrected chi connectivity index (χ4v) is 19.3. The predicted octanol–water partition coefficient (Wildman–Crippen LogP) is 10.2. The molecule has 21 rings (SSSR count). The minimum atomic E-state index is -4.89. The van der Waals surface area contributed by atoms with Crippen LogP contribution in [0, 0.1) is 71.0 Å². The number of ketones is 3. The molecule has 6 N–H and O–H groups in total. The zero-order valence-corrected chi connectivity index (χ0v) is 61.9. The van der Waals surface area contributed by atoms with Gasteiger partial charge in [0.1, 0.15) is 41.5 Å². The second kappa shape index (κ2) is 32.4. The summed E-state index contributed by atoms with van der Waals surface area (Å²) in [6, 6.07) is 24.1. The lowest BCUT2D eigenvalue weighted by molar-refractivity contribution is -0.949. The number of aromatic nitrogens is 3. The first-order chi connectivity index (χ1) is 52.9.